The van der Waals surface area contributed by atoms with Gasteiger partial charge >= 0.3 is 0 Å². The lowest BCUT2D eigenvalue weighted by Crippen LogP contribution is -2.44. The maximum Gasteiger partial charge on any atom is 0.262 e. The van der Waals surface area contributed by atoms with E-state index in [1.54, 1.807) is 24.5 Å². The summed E-state index contributed by atoms with van der Waals surface area (Å²) in [6, 6.07) is 9.11. The molecule has 0 spiro atoms. The molecule has 5 rings (SSSR count). The molecule has 37 heavy (non-hydrogen) atoms. The van der Waals surface area contributed by atoms with Gasteiger partial charge in [-0.1, -0.05) is 35.9 Å². The number of fused-ring (bicyclic) bond motifs is 1. The van der Waals surface area contributed by atoms with Crippen molar-refractivity contribution in [3.8, 4) is 11.1 Å². The van der Waals surface area contributed by atoms with Crippen molar-refractivity contribution >= 4 is 34.1 Å². The number of ether oxygens (including phenoxy) is 1. The van der Waals surface area contributed by atoms with Gasteiger partial charge in [-0.05, 0) is 23.8 Å². The first-order valence-electron chi connectivity index (χ1n) is 11.6. The minimum absolute atomic E-state index is 0.0814. The number of nitrogens with one attached hydrogen (secondary N) is 1. The van der Waals surface area contributed by atoms with Gasteiger partial charge in [0, 0.05) is 48.2 Å². The van der Waals surface area contributed by atoms with E-state index in [0.717, 1.165) is 11.6 Å². The number of hydrogen-bond donors (Lipinski definition) is 2. The number of aliphatic hydroxyl groups is 1. The summed E-state index contributed by atoms with van der Waals surface area (Å²) < 4.78 is 47.9. The summed E-state index contributed by atoms with van der Waals surface area (Å²) in [5, 5.41) is 12.7. The predicted octanol–water partition coefficient (Wildman–Crippen LogP) is 5.10. The lowest BCUT2D eigenvalue weighted by atomic mass is 10.0. The molecule has 7 nitrogen and oxygen atoms in total. The molecule has 0 saturated carbocycles. The summed E-state index contributed by atoms with van der Waals surface area (Å²) in [7, 11) is 0. The van der Waals surface area contributed by atoms with Crippen LogP contribution in [0.2, 0.25) is 5.02 Å². The molecule has 0 bridgehead atoms. The van der Waals surface area contributed by atoms with Gasteiger partial charge in [-0.25, -0.2) is 23.1 Å². The third-order valence-electron chi connectivity index (χ3n) is 6.21. The molecule has 11 heteroatoms. The monoisotopic (exact) mass is 529 g/mol. The molecule has 192 valence electrons. The van der Waals surface area contributed by atoms with Crippen molar-refractivity contribution in [2.75, 3.05) is 36.5 Å². The molecule has 2 aromatic heterocycles. The van der Waals surface area contributed by atoms with Crippen LogP contribution in [0, 0.1) is 5.82 Å². The number of alkyl halides is 2. The van der Waals surface area contributed by atoms with Crippen molar-refractivity contribution < 1.29 is 23.0 Å². The molecule has 2 aromatic carbocycles. The van der Waals surface area contributed by atoms with Gasteiger partial charge < -0.3 is 20.1 Å². The topological polar surface area (TPSA) is 83.4 Å². The standard InChI is InChI=1S/C26H23ClF3N5O2/c27-20-12-31-22-6-5-15(16-10-32-26(33-11-16)35-7-8-37-17(13-35)14-36)9-19(22)23(20)34-24(25(29)30)18-3-1-2-4-21(18)28/h1-6,9-12,17,24-25,36H,7-8,13-14H2,(H,31,34)/t17-,24-/m0/s1. The number of nitrogens with zero attached hydrogens (tertiary/aromatic N) is 4. The second-order valence-electron chi connectivity index (χ2n) is 8.58. The van der Waals surface area contributed by atoms with E-state index in [1.165, 1.54) is 24.4 Å². The fourth-order valence-corrected chi connectivity index (χ4v) is 4.50. The minimum Gasteiger partial charge on any atom is -0.394 e. The maximum absolute atomic E-state index is 14.4. The Morgan fingerprint density at radius 3 is 2.59 bits per heavy atom. The smallest absolute Gasteiger partial charge is 0.262 e. The average Bonchev–Trinajstić information content (AvgIpc) is 2.93. The van der Waals surface area contributed by atoms with Crippen LogP contribution in [-0.2, 0) is 4.74 Å². The average molecular weight is 530 g/mol. The highest BCUT2D eigenvalue weighted by atomic mass is 35.5. The normalized spacial score (nSPS) is 16.8. The lowest BCUT2D eigenvalue weighted by molar-refractivity contribution is 0.00314. The highest BCUT2D eigenvalue weighted by Gasteiger charge is 2.27. The van der Waals surface area contributed by atoms with Crippen LogP contribution < -0.4 is 10.2 Å². The zero-order valence-electron chi connectivity index (χ0n) is 19.5. The van der Waals surface area contributed by atoms with Crippen LogP contribution in [0.3, 0.4) is 0 Å². The van der Waals surface area contributed by atoms with E-state index in [4.69, 9.17) is 16.3 Å². The Labute approximate surface area is 215 Å². The van der Waals surface area contributed by atoms with Gasteiger partial charge in [-0.3, -0.25) is 4.98 Å². The van der Waals surface area contributed by atoms with Gasteiger partial charge in [0.05, 0.1) is 35.5 Å². The zero-order valence-corrected chi connectivity index (χ0v) is 20.2. The number of rotatable bonds is 7. The molecule has 2 atom stereocenters. The highest BCUT2D eigenvalue weighted by Crippen LogP contribution is 2.37. The van der Waals surface area contributed by atoms with E-state index in [9.17, 15) is 18.3 Å². The number of aliphatic hydroxyl groups excluding tert-OH is 1. The Morgan fingerprint density at radius 2 is 1.86 bits per heavy atom. The molecule has 1 fully saturated rings. The summed E-state index contributed by atoms with van der Waals surface area (Å²) in [5.41, 5.74) is 2.01. The third kappa shape index (κ3) is 5.31. The first kappa shape index (κ1) is 25.2. The van der Waals surface area contributed by atoms with E-state index in [0.29, 0.717) is 42.1 Å². The Balaban J connectivity index is 1.48. The van der Waals surface area contributed by atoms with E-state index in [1.807, 2.05) is 11.0 Å². The highest BCUT2D eigenvalue weighted by molar-refractivity contribution is 6.34. The molecule has 0 aliphatic carbocycles. The summed E-state index contributed by atoms with van der Waals surface area (Å²) >= 11 is 6.39. The number of morpholine rings is 1. The van der Waals surface area contributed by atoms with E-state index >= 15 is 0 Å². The quantitative estimate of drug-likeness (QED) is 0.344. The summed E-state index contributed by atoms with van der Waals surface area (Å²) in [6.07, 6.45) is 1.52. The van der Waals surface area contributed by atoms with Crippen LogP contribution in [0.25, 0.3) is 22.0 Å². The van der Waals surface area contributed by atoms with Crippen LogP contribution in [0.5, 0.6) is 0 Å². The van der Waals surface area contributed by atoms with Gasteiger partial charge in [-0.2, -0.15) is 0 Å². The molecular formula is C26H23ClF3N5O2. The molecule has 1 aliphatic rings. The second-order valence-corrected chi connectivity index (χ2v) is 8.99. The van der Waals surface area contributed by atoms with Crippen molar-refractivity contribution in [2.24, 2.45) is 0 Å². The first-order chi connectivity index (χ1) is 17.9. The van der Waals surface area contributed by atoms with E-state index < -0.39 is 18.3 Å². The van der Waals surface area contributed by atoms with Gasteiger partial charge in [-0.15, -0.1) is 0 Å². The summed E-state index contributed by atoms with van der Waals surface area (Å²) in [5.74, 6) is -0.221. The van der Waals surface area contributed by atoms with Crippen LogP contribution in [0.4, 0.5) is 24.8 Å². The molecule has 2 N–H and O–H groups in total. The van der Waals surface area contributed by atoms with Crippen molar-refractivity contribution in [2.45, 2.75) is 18.6 Å². The minimum atomic E-state index is -2.90. The maximum atomic E-state index is 14.4. The largest absolute Gasteiger partial charge is 0.394 e. The first-order valence-corrected chi connectivity index (χ1v) is 12.0. The SMILES string of the molecule is OC[C@@H]1CN(c2ncc(-c3ccc4ncc(Cl)c(N[C@@H](c5ccccc5F)C(F)F)c4c3)cn2)CCO1. The fraction of sp³-hybridized carbons (Fsp3) is 0.269. The Bertz CT molecular complexity index is 1390. The molecule has 4 aromatic rings. The number of pyridine rings is 1. The second kappa shape index (κ2) is 10.9. The Morgan fingerprint density at radius 1 is 1.08 bits per heavy atom. The van der Waals surface area contributed by atoms with Crippen molar-refractivity contribution in [3.63, 3.8) is 0 Å². The lowest BCUT2D eigenvalue weighted by Gasteiger charge is -2.31. The number of benzene rings is 2. The van der Waals surface area contributed by atoms with Gasteiger partial charge in [0.2, 0.25) is 5.95 Å². The molecule has 0 unspecified atom stereocenters. The van der Waals surface area contributed by atoms with Crippen LogP contribution in [0.1, 0.15) is 11.6 Å². The van der Waals surface area contributed by atoms with Gasteiger partial charge in [0.15, 0.2) is 0 Å². The van der Waals surface area contributed by atoms with Crippen molar-refractivity contribution in [1.82, 2.24) is 15.0 Å². The molecule has 0 amide bonds. The zero-order chi connectivity index (χ0) is 25.9. The number of aromatic nitrogens is 3. The van der Waals surface area contributed by atoms with Crippen LogP contribution >= 0.6 is 11.6 Å². The molecular weight excluding hydrogens is 507 g/mol. The van der Waals surface area contributed by atoms with Crippen LogP contribution in [-0.4, -0.2) is 58.9 Å². The summed E-state index contributed by atoms with van der Waals surface area (Å²) in [4.78, 5) is 15.2. The Hall–Kier alpha value is -3.47. The van der Waals surface area contributed by atoms with Crippen molar-refractivity contribution in [1.29, 1.82) is 0 Å². The molecule has 1 aliphatic heterocycles. The third-order valence-corrected chi connectivity index (χ3v) is 6.50. The van der Waals surface area contributed by atoms with Crippen LogP contribution in [0.15, 0.2) is 61.1 Å². The Kier molecular flexibility index (Phi) is 7.40. The van der Waals surface area contributed by atoms with Gasteiger partial charge in [0.1, 0.15) is 11.9 Å². The van der Waals surface area contributed by atoms with Gasteiger partial charge in [0.25, 0.3) is 6.43 Å². The number of anilines is 2. The fourth-order valence-electron chi connectivity index (χ4n) is 4.30. The predicted molar refractivity (Wildman–Crippen MR) is 136 cm³/mol. The molecule has 0 radical (unpaired) electrons. The van der Waals surface area contributed by atoms with E-state index in [-0.39, 0.29) is 29.0 Å². The molecule has 1 saturated heterocycles. The number of halogens is 4. The van der Waals surface area contributed by atoms with Crippen molar-refractivity contribution in [3.05, 3.63) is 77.5 Å². The number of hydrogen-bond acceptors (Lipinski definition) is 7. The summed E-state index contributed by atoms with van der Waals surface area (Å²) in [6.45, 7) is 1.48. The van der Waals surface area contributed by atoms with E-state index in [2.05, 4.69) is 20.3 Å². The molecule has 3 heterocycles.